The highest BCUT2D eigenvalue weighted by molar-refractivity contribution is 4.92. The van der Waals surface area contributed by atoms with E-state index in [-0.39, 0.29) is 12.4 Å². The number of aromatic nitrogens is 5. The second kappa shape index (κ2) is 3.52. The summed E-state index contributed by atoms with van der Waals surface area (Å²) < 4.78 is 27.0. The van der Waals surface area contributed by atoms with Gasteiger partial charge in [0.1, 0.15) is 25.0 Å². The summed E-state index contributed by atoms with van der Waals surface area (Å²) >= 11 is 0. The number of hydrogen-bond acceptors (Lipinski definition) is 3. The van der Waals surface area contributed by atoms with Crippen molar-refractivity contribution in [1.29, 1.82) is 0 Å². The number of imidazole rings is 1. The fraction of sp³-hybridized carbons (Fsp3) is 0.286. The van der Waals surface area contributed by atoms with Gasteiger partial charge in [-0.05, 0) is 0 Å². The topological polar surface area (TPSA) is 48.5 Å². The molecule has 0 spiro atoms. The van der Waals surface area contributed by atoms with Gasteiger partial charge >= 0.3 is 6.55 Å². The lowest BCUT2D eigenvalue weighted by molar-refractivity contribution is 0.0665. The van der Waals surface area contributed by atoms with Crippen LogP contribution in [-0.2, 0) is 6.54 Å². The molecule has 0 saturated carbocycles. The molecular weight excluding hydrogens is 192 g/mol. The summed E-state index contributed by atoms with van der Waals surface area (Å²) in [6.45, 7) is -2.38. The van der Waals surface area contributed by atoms with E-state index >= 15 is 0 Å². The van der Waals surface area contributed by atoms with Crippen molar-refractivity contribution in [3.05, 3.63) is 30.9 Å². The van der Waals surface area contributed by atoms with Crippen LogP contribution >= 0.6 is 0 Å². The minimum Gasteiger partial charge on any atom is -0.276 e. The van der Waals surface area contributed by atoms with E-state index in [1.165, 1.54) is 29.7 Å². The highest BCUT2D eigenvalue weighted by atomic mass is 19.3. The molecule has 14 heavy (non-hydrogen) atoms. The maximum atomic E-state index is 12.4. The van der Waals surface area contributed by atoms with E-state index in [0.717, 1.165) is 4.57 Å². The molecule has 74 valence electrons. The van der Waals surface area contributed by atoms with Crippen LogP contribution in [0.3, 0.4) is 0 Å². The van der Waals surface area contributed by atoms with Crippen LogP contribution in [0.1, 0.15) is 12.4 Å². The average molecular weight is 199 g/mol. The fourth-order valence-electron chi connectivity index (χ4n) is 1.10. The number of hydrogen-bond donors (Lipinski definition) is 0. The van der Waals surface area contributed by atoms with Crippen LogP contribution in [0.2, 0.25) is 0 Å². The Kier molecular flexibility index (Phi) is 2.21. The summed E-state index contributed by atoms with van der Waals surface area (Å²) in [5.74, 6) is 0.255. The van der Waals surface area contributed by atoms with Crippen LogP contribution in [0.5, 0.6) is 0 Å². The molecule has 0 aliphatic carbocycles. The van der Waals surface area contributed by atoms with Gasteiger partial charge in [-0.25, -0.2) is 14.6 Å². The highest BCUT2D eigenvalue weighted by Gasteiger charge is 2.11. The molecule has 0 atom stereocenters. The zero-order chi connectivity index (χ0) is 9.97. The van der Waals surface area contributed by atoms with Gasteiger partial charge < -0.3 is 0 Å². The highest BCUT2D eigenvalue weighted by Crippen LogP contribution is 2.12. The predicted octanol–water partition coefficient (Wildman–Crippen LogP) is 0.918. The maximum absolute atomic E-state index is 12.4. The first-order chi connectivity index (χ1) is 6.77. The minimum absolute atomic E-state index is 0.192. The lowest BCUT2D eigenvalue weighted by Gasteiger charge is -2.05. The second-order valence-electron chi connectivity index (χ2n) is 2.62. The third-order valence-electron chi connectivity index (χ3n) is 1.73. The second-order valence-corrected chi connectivity index (χ2v) is 2.62. The van der Waals surface area contributed by atoms with Gasteiger partial charge in [0.05, 0.1) is 0 Å². The van der Waals surface area contributed by atoms with Gasteiger partial charge in [0, 0.05) is 12.4 Å². The Morgan fingerprint density at radius 3 is 2.93 bits per heavy atom. The van der Waals surface area contributed by atoms with Gasteiger partial charge in [0.2, 0.25) is 0 Å². The first-order valence-corrected chi connectivity index (χ1v) is 3.89. The van der Waals surface area contributed by atoms with Crippen molar-refractivity contribution in [3.8, 4) is 0 Å². The average Bonchev–Trinajstić information content (AvgIpc) is 2.75. The molecule has 0 N–H and O–H groups in total. The van der Waals surface area contributed by atoms with Gasteiger partial charge in [-0.15, -0.1) is 0 Å². The van der Waals surface area contributed by atoms with Gasteiger partial charge in [0.25, 0.3) is 0 Å². The molecule has 0 unspecified atom stereocenters. The van der Waals surface area contributed by atoms with Crippen LogP contribution in [0.4, 0.5) is 8.78 Å². The van der Waals surface area contributed by atoms with E-state index in [1.54, 1.807) is 0 Å². The van der Waals surface area contributed by atoms with E-state index in [4.69, 9.17) is 0 Å². The lowest BCUT2D eigenvalue weighted by atomic mass is 10.6. The quantitative estimate of drug-likeness (QED) is 0.738. The molecule has 0 aliphatic rings. The van der Waals surface area contributed by atoms with E-state index in [1.807, 2.05) is 0 Å². The molecular formula is C7H7F2N5. The van der Waals surface area contributed by atoms with Crippen LogP contribution in [0, 0.1) is 0 Å². The lowest BCUT2D eigenvalue weighted by Crippen LogP contribution is -2.09. The minimum atomic E-state index is -2.57. The molecule has 0 aromatic carbocycles. The Labute approximate surface area is 78.0 Å². The largest absolute Gasteiger partial charge is 0.319 e. The molecule has 5 nitrogen and oxygen atoms in total. The summed E-state index contributed by atoms with van der Waals surface area (Å²) in [5, 5.41) is 3.80. The zero-order valence-corrected chi connectivity index (χ0v) is 7.09. The Hall–Kier alpha value is -1.79. The summed E-state index contributed by atoms with van der Waals surface area (Å²) in [7, 11) is 0. The Morgan fingerprint density at radius 1 is 1.43 bits per heavy atom. The first-order valence-electron chi connectivity index (χ1n) is 3.89. The molecule has 0 saturated heterocycles. The Morgan fingerprint density at radius 2 is 2.29 bits per heavy atom. The first kappa shape index (κ1) is 8.79. The number of alkyl halides is 2. The standard InChI is InChI=1S/C7H7F2N5/c8-7(9)14-2-1-11-6(14)3-13-5-10-4-12-13/h1-2,4-5,7H,3H2. The summed E-state index contributed by atoms with van der Waals surface area (Å²) in [6.07, 6.45) is 5.36. The van der Waals surface area contributed by atoms with Gasteiger partial charge in [-0.3, -0.25) is 4.57 Å². The smallest absolute Gasteiger partial charge is 0.276 e. The van der Waals surface area contributed by atoms with Crippen molar-refractivity contribution >= 4 is 0 Å². The van der Waals surface area contributed by atoms with Crippen LogP contribution in [0.15, 0.2) is 25.0 Å². The summed E-state index contributed by atoms with van der Waals surface area (Å²) in [6, 6.07) is 0. The molecule has 0 fully saturated rings. The van der Waals surface area contributed by atoms with Crippen LogP contribution in [0.25, 0.3) is 0 Å². The van der Waals surface area contributed by atoms with Crippen LogP contribution in [-0.4, -0.2) is 24.3 Å². The molecule has 2 heterocycles. The molecule has 0 aliphatic heterocycles. The molecule has 2 aromatic rings. The fourth-order valence-corrected chi connectivity index (χ4v) is 1.10. The molecule has 7 heteroatoms. The van der Waals surface area contributed by atoms with E-state index in [9.17, 15) is 8.78 Å². The van der Waals surface area contributed by atoms with Crippen molar-refractivity contribution < 1.29 is 8.78 Å². The number of rotatable bonds is 3. The third-order valence-corrected chi connectivity index (χ3v) is 1.73. The molecule has 0 amide bonds. The number of halogens is 2. The monoisotopic (exact) mass is 199 g/mol. The van der Waals surface area contributed by atoms with E-state index in [2.05, 4.69) is 15.1 Å². The summed E-state index contributed by atoms with van der Waals surface area (Å²) in [5.41, 5.74) is 0. The van der Waals surface area contributed by atoms with Gasteiger partial charge in [0.15, 0.2) is 0 Å². The van der Waals surface area contributed by atoms with Crippen molar-refractivity contribution in [2.24, 2.45) is 0 Å². The maximum Gasteiger partial charge on any atom is 0.319 e. The van der Waals surface area contributed by atoms with Gasteiger partial charge in [-0.2, -0.15) is 13.9 Å². The predicted molar refractivity (Wildman–Crippen MR) is 42.6 cm³/mol. The van der Waals surface area contributed by atoms with E-state index in [0.29, 0.717) is 0 Å². The van der Waals surface area contributed by atoms with Gasteiger partial charge in [-0.1, -0.05) is 0 Å². The van der Waals surface area contributed by atoms with Crippen molar-refractivity contribution in [2.75, 3.05) is 0 Å². The summed E-state index contributed by atoms with van der Waals surface area (Å²) in [4.78, 5) is 7.51. The normalized spacial score (nSPS) is 11.1. The SMILES string of the molecule is FC(F)n1ccnc1Cn1cncn1. The number of nitrogens with zero attached hydrogens (tertiary/aromatic N) is 5. The van der Waals surface area contributed by atoms with Crippen molar-refractivity contribution in [2.45, 2.75) is 13.1 Å². The third kappa shape index (κ3) is 1.61. The molecule has 2 aromatic heterocycles. The zero-order valence-electron chi connectivity index (χ0n) is 7.09. The molecule has 0 bridgehead atoms. The Bertz CT molecular complexity index is 394. The van der Waals surface area contributed by atoms with Crippen molar-refractivity contribution in [3.63, 3.8) is 0 Å². The van der Waals surface area contributed by atoms with Crippen molar-refractivity contribution in [1.82, 2.24) is 24.3 Å². The Balaban J connectivity index is 2.21. The molecule has 2 rings (SSSR count). The van der Waals surface area contributed by atoms with E-state index < -0.39 is 6.55 Å². The van der Waals surface area contributed by atoms with Crippen LogP contribution < -0.4 is 0 Å². The molecule has 0 radical (unpaired) electrons.